The molecule has 41 heavy (non-hydrogen) atoms. The minimum Gasteiger partial charge on any atom is -0.494 e. The molecular weight excluding hydrogens is 533 g/mol. The molecule has 0 saturated heterocycles. The predicted octanol–water partition coefficient (Wildman–Crippen LogP) is 9.58. The number of alkyl halides is 3. The number of aromatic hydroxyl groups is 1. The molecule has 0 bridgehead atoms. The molecule has 2 aromatic rings. The van der Waals surface area contributed by atoms with Gasteiger partial charge in [-0.2, -0.15) is 13.2 Å². The first-order valence-corrected chi connectivity index (χ1v) is 15.1. The van der Waals surface area contributed by atoms with E-state index >= 15 is 0 Å². The van der Waals surface area contributed by atoms with E-state index in [4.69, 9.17) is 9.47 Å². The van der Waals surface area contributed by atoms with Gasteiger partial charge in [0.15, 0.2) is 12.0 Å². The highest BCUT2D eigenvalue weighted by Crippen LogP contribution is 2.42. The van der Waals surface area contributed by atoms with Gasteiger partial charge in [-0.3, -0.25) is 9.36 Å². The van der Waals surface area contributed by atoms with E-state index in [9.17, 15) is 23.1 Å². The number of carbonyl (C=O) groups is 1. The van der Waals surface area contributed by atoms with Crippen LogP contribution in [0.2, 0.25) is 0 Å². The molecule has 0 fully saturated rings. The van der Waals surface area contributed by atoms with Gasteiger partial charge in [-0.15, -0.1) is 0 Å². The molecule has 1 aromatic heterocycles. The summed E-state index contributed by atoms with van der Waals surface area (Å²) in [7, 11) is 1.33. The molecule has 1 aromatic carbocycles. The highest BCUT2D eigenvalue weighted by molar-refractivity contribution is 5.76. The summed E-state index contributed by atoms with van der Waals surface area (Å²) in [6.07, 6.45) is 12.8. The molecule has 1 heterocycles. The molecule has 0 spiro atoms. The van der Waals surface area contributed by atoms with Gasteiger partial charge < -0.3 is 14.6 Å². The number of ether oxygens (including phenoxy) is 2. The third-order valence-corrected chi connectivity index (χ3v) is 7.33. The minimum absolute atomic E-state index is 0.0598. The summed E-state index contributed by atoms with van der Waals surface area (Å²) in [5, 5.41) is 10.4. The van der Waals surface area contributed by atoms with Crippen LogP contribution in [-0.2, 0) is 11.6 Å². The maximum Gasteiger partial charge on any atom is 0.450 e. The number of aldehydes is 1. The summed E-state index contributed by atoms with van der Waals surface area (Å²) < 4.78 is 53.3. The summed E-state index contributed by atoms with van der Waals surface area (Å²) >= 11 is 0. The molecule has 0 aliphatic heterocycles. The fourth-order valence-electron chi connectivity index (χ4n) is 5.00. The lowest BCUT2D eigenvalue weighted by Gasteiger charge is -2.26. The molecule has 2 rings (SSSR count). The van der Waals surface area contributed by atoms with Crippen LogP contribution in [-0.4, -0.2) is 34.7 Å². The van der Waals surface area contributed by atoms with E-state index in [0.29, 0.717) is 22.5 Å². The molecule has 6 nitrogen and oxygen atoms in total. The minimum atomic E-state index is -4.91. The van der Waals surface area contributed by atoms with Gasteiger partial charge in [-0.25, -0.2) is 4.98 Å². The molecule has 0 unspecified atom stereocenters. The second-order valence-corrected chi connectivity index (χ2v) is 11.8. The van der Waals surface area contributed by atoms with Crippen LogP contribution < -0.4 is 9.47 Å². The van der Waals surface area contributed by atoms with Crippen LogP contribution in [0, 0.1) is 0 Å². The Morgan fingerprint density at radius 1 is 0.854 bits per heavy atom. The van der Waals surface area contributed by atoms with E-state index in [-0.39, 0.29) is 17.7 Å². The average molecular weight is 583 g/mol. The first-order valence-electron chi connectivity index (χ1n) is 15.1. The van der Waals surface area contributed by atoms with Crippen molar-refractivity contribution in [2.75, 3.05) is 13.7 Å². The Kier molecular flexibility index (Phi) is 14.0. The van der Waals surface area contributed by atoms with Gasteiger partial charge in [0.25, 0.3) is 0 Å². The SMILES string of the molecule is CCCCCCCCCCCCCCCCOc1cc(OC)c(-n2c(C(F)(F)F)nc(C=O)c2O)cc1C(C)(C)C. The number of hydrogen-bond acceptors (Lipinski definition) is 5. The second kappa shape index (κ2) is 16.7. The summed E-state index contributed by atoms with van der Waals surface area (Å²) in [5.74, 6) is -1.74. The van der Waals surface area contributed by atoms with Crippen molar-refractivity contribution < 1.29 is 32.5 Å². The number of halogens is 3. The quantitative estimate of drug-likeness (QED) is 0.132. The van der Waals surface area contributed by atoms with Crippen molar-refractivity contribution in [2.45, 2.75) is 129 Å². The first-order chi connectivity index (χ1) is 19.5. The lowest BCUT2D eigenvalue weighted by atomic mass is 9.85. The zero-order valence-electron chi connectivity index (χ0n) is 25.5. The van der Waals surface area contributed by atoms with Crippen LogP contribution in [0.3, 0.4) is 0 Å². The van der Waals surface area contributed by atoms with E-state index in [0.717, 1.165) is 19.3 Å². The van der Waals surface area contributed by atoms with Gasteiger partial charge in [-0.05, 0) is 17.9 Å². The fourth-order valence-corrected chi connectivity index (χ4v) is 5.00. The second-order valence-electron chi connectivity index (χ2n) is 11.8. The number of imidazole rings is 1. The summed E-state index contributed by atoms with van der Waals surface area (Å²) in [4.78, 5) is 14.6. The van der Waals surface area contributed by atoms with Crippen LogP contribution >= 0.6 is 0 Å². The number of benzene rings is 1. The zero-order chi connectivity index (χ0) is 30.5. The highest BCUT2D eigenvalue weighted by atomic mass is 19.4. The lowest BCUT2D eigenvalue weighted by molar-refractivity contribution is -0.146. The summed E-state index contributed by atoms with van der Waals surface area (Å²) in [6.45, 7) is 8.49. The van der Waals surface area contributed by atoms with Crippen LogP contribution in [0.25, 0.3) is 5.69 Å². The molecule has 1 N–H and O–H groups in total. The Bertz CT molecular complexity index is 1070. The molecule has 0 aliphatic carbocycles. The van der Waals surface area contributed by atoms with Crippen molar-refractivity contribution in [2.24, 2.45) is 0 Å². The van der Waals surface area contributed by atoms with Crippen molar-refractivity contribution in [1.82, 2.24) is 9.55 Å². The highest BCUT2D eigenvalue weighted by Gasteiger charge is 2.40. The summed E-state index contributed by atoms with van der Waals surface area (Å²) in [6, 6.07) is 3.05. The molecule has 0 aliphatic rings. The van der Waals surface area contributed by atoms with Crippen LogP contribution in [0.4, 0.5) is 13.2 Å². The van der Waals surface area contributed by atoms with Crippen molar-refractivity contribution >= 4 is 6.29 Å². The summed E-state index contributed by atoms with van der Waals surface area (Å²) in [5.41, 5.74) is -0.623. The van der Waals surface area contributed by atoms with E-state index < -0.39 is 29.0 Å². The maximum atomic E-state index is 13.8. The van der Waals surface area contributed by atoms with Gasteiger partial charge in [-0.1, -0.05) is 111 Å². The third kappa shape index (κ3) is 10.6. The number of hydrogen-bond donors (Lipinski definition) is 1. The third-order valence-electron chi connectivity index (χ3n) is 7.33. The molecule has 0 saturated carbocycles. The largest absolute Gasteiger partial charge is 0.494 e. The molecular formula is C32H49F3N2O4. The van der Waals surface area contributed by atoms with E-state index in [1.54, 1.807) is 6.07 Å². The van der Waals surface area contributed by atoms with Crippen molar-refractivity contribution in [1.29, 1.82) is 0 Å². The number of rotatable bonds is 19. The fraction of sp³-hybridized carbons (Fsp3) is 0.688. The average Bonchev–Trinajstić information content (AvgIpc) is 3.26. The normalized spacial score (nSPS) is 12.1. The Hall–Kier alpha value is -2.71. The van der Waals surface area contributed by atoms with E-state index in [2.05, 4.69) is 11.9 Å². The smallest absolute Gasteiger partial charge is 0.450 e. The molecule has 232 valence electrons. The number of unbranched alkanes of at least 4 members (excludes halogenated alkanes) is 13. The Balaban J connectivity index is 1.96. The monoisotopic (exact) mass is 582 g/mol. The molecule has 0 atom stereocenters. The van der Waals surface area contributed by atoms with Gasteiger partial charge in [0.05, 0.1) is 19.4 Å². The van der Waals surface area contributed by atoms with E-state index in [1.807, 2.05) is 20.8 Å². The van der Waals surface area contributed by atoms with Gasteiger partial charge in [0.1, 0.15) is 11.5 Å². The van der Waals surface area contributed by atoms with Crippen LogP contribution in [0.5, 0.6) is 17.4 Å². The Morgan fingerprint density at radius 3 is 1.80 bits per heavy atom. The van der Waals surface area contributed by atoms with Crippen LogP contribution in [0.1, 0.15) is 139 Å². The number of carbonyl (C=O) groups excluding carboxylic acids is 1. The van der Waals surface area contributed by atoms with Crippen molar-refractivity contribution in [3.05, 3.63) is 29.2 Å². The first kappa shape index (κ1) is 34.5. The van der Waals surface area contributed by atoms with Gasteiger partial charge >= 0.3 is 6.18 Å². The molecule has 9 heteroatoms. The van der Waals surface area contributed by atoms with Gasteiger partial charge in [0, 0.05) is 11.6 Å². The molecule has 0 radical (unpaired) electrons. The van der Waals surface area contributed by atoms with Crippen LogP contribution in [0.15, 0.2) is 12.1 Å². The topological polar surface area (TPSA) is 73.6 Å². The number of aromatic nitrogens is 2. The zero-order valence-corrected chi connectivity index (χ0v) is 25.5. The maximum absolute atomic E-state index is 13.8. The Labute approximate surface area is 243 Å². The Morgan fingerprint density at radius 2 is 1.37 bits per heavy atom. The molecule has 0 amide bonds. The van der Waals surface area contributed by atoms with E-state index in [1.165, 1.54) is 83.8 Å². The van der Waals surface area contributed by atoms with Crippen molar-refractivity contribution in [3.63, 3.8) is 0 Å². The predicted molar refractivity (Wildman–Crippen MR) is 157 cm³/mol. The standard InChI is InChI=1S/C32H49F3N2O4/c1-6-7-8-9-10-11-12-13-14-15-16-17-18-19-20-41-27-22-28(40-5)26(21-24(27)31(2,3)4)37-29(39)25(23-38)36-30(37)32(33,34)35/h21-23,39H,6-20H2,1-5H3. The number of nitrogens with zero attached hydrogens (tertiary/aromatic N) is 2. The number of methoxy groups -OCH3 is 1. The van der Waals surface area contributed by atoms with Gasteiger partial charge in [0.2, 0.25) is 11.7 Å². The van der Waals surface area contributed by atoms with Crippen molar-refractivity contribution in [3.8, 4) is 23.1 Å². The lowest BCUT2D eigenvalue weighted by Crippen LogP contribution is -2.18.